The van der Waals surface area contributed by atoms with Crippen LogP contribution in [0.25, 0.3) is 0 Å². The van der Waals surface area contributed by atoms with Gasteiger partial charge in [0, 0.05) is 6.92 Å². The Bertz CT molecular complexity index is 423. The summed E-state index contributed by atoms with van der Waals surface area (Å²) in [6.07, 6.45) is 9.09. The molecule has 0 aliphatic heterocycles. The van der Waals surface area contributed by atoms with Gasteiger partial charge in [-0.1, -0.05) is 56.2 Å². The zero-order valence-electron chi connectivity index (χ0n) is 12.3. The van der Waals surface area contributed by atoms with E-state index >= 15 is 0 Å². The lowest BCUT2D eigenvalue weighted by molar-refractivity contribution is -0.119. The Morgan fingerprint density at radius 2 is 2.05 bits per heavy atom. The van der Waals surface area contributed by atoms with E-state index < -0.39 is 0 Å². The Morgan fingerprint density at radius 1 is 1.32 bits per heavy atom. The lowest BCUT2D eigenvalue weighted by Gasteiger charge is -2.16. The highest BCUT2D eigenvalue weighted by molar-refractivity contribution is 5.73. The van der Waals surface area contributed by atoms with Gasteiger partial charge in [-0.3, -0.25) is 4.79 Å². The number of amides is 1. The van der Waals surface area contributed by atoms with Gasteiger partial charge in [-0.15, -0.1) is 0 Å². The summed E-state index contributed by atoms with van der Waals surface area (Å²) in [6.45, 7) is 5.85. The van der Waals surface area contributed by atoms with E-state index in [1.165, 1.54) is 30.4 Å². The van der Waals surface area contributed by atoms with Crippen molar-refractivity contribution in [3.8, 4) is 0 Å². The normalized spacial score (nSPS) is 12.6. The Balaban J connectivity index is 2.72. The quantitative estimate of drug-likeness (QED) is 0.574. The van der Waals surface area contributed by atoms with Crippen LogP contribution in [0.2, 0.25) is 0 Å². The Kier molecular flexibility index (Phi) is 6.94. The van der Waals surface area contributed by atoms with Gasteiger partial charge in [-0.25, -0.2) is 0 Å². The van der Waals surface area contributed by atoms with Crippen molar-refractivity contribution in [2.45, 2.75) is 52.5 Å². The molecule has 0 heterocycles. The second kappa shape index (κ2) is 8.52. The zero-order valence-corrected chi connectivity index (χ0v) is 12.3. The molecule has 1 aromatic carbocycles. The number of rotatable bonds is 7. The first-order valence-electron chi connectivity index (χ1n) is 7.14. The predicted octanol–water partition coefficient (Wildman–Crippen LogP) is 4.31. The topological polar surface area (TPSA) is 29.1 Å². The maximum atomic E-state index is 11.3. The summed E-state index contributed by atoms with van der Waals surface area (Å²) < 4.78 is 0. The molecule has 1 N–H and O–H groups in total. The minimum atomic E-state index is -0.0136. The molecule has 0 aliphatic carbocycles. The number of unbranched alkanes of at least 4 members (excludes halogenated alkanes) is 3. The summed E-state index contributed by atoms with van der Waals surface area (Å²) in [5.74, 6) is 0.00598. The fourth-order valence-electron chi connectivity index (χ4n) is 2.13. The largest absolute Gasteiger partial charge is 0.346 e. The van der Waals surface area contributed by atoms with Gasteiger partial charge in [0.2, 0.25) is 5.91 Å². The maximum Gasteiger partial charge on any atom is 0.217 e. The minimum Gasteiger partial charge on any atom is -0.346 e. The Labute approximate surface area is 116 Å². The molecule has 0 saturated heterocycles. The monoisotopic (exact) mass is 259 g/mol. The molecule has 1 atom stereocenters. The fraction of sp³-hybridized carbons (Fsp3) is 0.471. The maximum absolute atomic E-state index is 11.3. The van der Waals surface area contributed by atoms with Crippen LogP contribution >= 0.6 is 0 Å². The van der Waals surface area contributed by atoms with Gasteiger partial charge < -0.3 is 5.32 Å². The van der Waals surface area contributed by atoms with Gasteiger partial charge in [-0.2, -0.15) is 0 Å². The third-order valence-corrected chi connectivity index (χ3v) is 3.19. The number of hydrogen-bond acceptors (Lipinski definition) is 1. The number of allylic oxidation sites excluding steroid dienone is 1. The molecule has 0 aromatic heterocycles. The lowest BCUT2D eigenvalue weighted by atomic mass is 10.0. The molecule has 1 rings (SSSR count). The molecular formula is C17H25NO. The summed E-state index contributed by atoms with van der Waals surface area (Å²) in [5, 5.41) is 3.00. The van der Waals surface area contributed by atoms with Gasteiger partial charge >= 0.3 is 0 Å². The lowest BCUT2D eigenvalue weighted by Crippen LogP contribution is -2.25. The molecule has 1 amide bonds. The molecule has 104 valence electrons. The summed E-state index contributed by atoms with van der Waals surface area (Å²) in [7, 11) is 0. The molecule has 0 radical (unpaired) electrons. The number of benzene rings is 1. The first kappa shape index (κ1) is 15.5. The summed E-state index contributed by atoms with van der Waals surface area (Å²) >= 11 is 0. The number of aryl methyl sites for hydroxylation is 1. The molecule has 0 fully saturated rings. The van der Waals surface area contributed by atoms with Crippen LogP contribution < -0.4 is 5.32 Å². The van der Waals surface area contributed by atoms with Crippen molar-refractivity contribution in [3.05, 3.63) is 47.5 Å². The van der Waals surface area contributed by atoms with E-state index in [0.717, 1.165) is 6.42 Å². The smallest absolute Gasteiger partial charge is 0.217 e. The second-order valence-corrected chi connectivity index (χ2v) is 4.96. The standard InChI is InChI=1S/C17H25NO/c1-4-5-6-7-8-13-17(18-15(3)19)16-12-10-9-11-14(16)2/h8-13,17H,4-7H2,1-3H3,(H,18,19)/b13-8+/t17-/m1/s1. The molecule has 0 unspecified atom stereocenters. The van der Waals surface area contributed by atoms with Crippen molar-refractivity contribution in [3.63, 3.8) is 0 Å². The third-order valence-electron chi connectivity index (χ3n) is 3.19. The highest BCUT2D eigenvalue weighted by Crippen LogP contribution is 2.19. The molecule has 0 bridgehead atoms. The van der Waals surface area contributed by atoms with Crippen molar-refractivity contribution < 1.29 is 4.79 Å². The highest BCUT2D eigenvalue weighted by Gasteiger charge is 2.10. The van der Waals surface area contributed by atoms with Crippen LogP contribution in [-0.2, 0) is 4.79 Å². The number of nitrogens with one attached hydrogen (secondary N) is 1. The first-order chi connectivity index (χ1) is 9.15. The van der Waals surface area contributed by atoms with Crippen LogP contribution in [0.4, 0.5) is 0 Å². The van der Waals surface area contributed by atoms with E-state index in [0.29, 0.717) is 0 Å². The van der Waals surface area contributed by atoms with Crippen molar-refractivity contribution in [1.82, 2.24) is 5.32 Å². The molecule has 19 heavy (non-hydrogen) atoms. The SMILES string of the molecule is CCCCC/C=C/[C@@H](NC(C)=O)c1ccccc1C. The minimum absolute atomic E-state index is 0.00598. The van der Waals surface area contributed by atoms with Gasteiger partial charge in [0.1, 0.15) is 0 Å². The van der Waals surface area contributed by atoms with Crippen LogP contribution in [0.15, 0.2) is 36.4 Å². The second-order valence-electron chi connectivity index (χ2n) is 4.96. The predicted molar refractivity (Wildman–Crippen MR) is 81.0 cm³/mol. The molecule has 2 nitrogen and oxygen atoms in total. The first-order valence-corrected chi connectivity index (χ1v) is 7.14. The van der Waals surface area contributed by atoms with E-state index in [1.54, 1.807) is 6.92 Å². The number of carbonyl (C=O) groups excluding carboxylic acids is 1. The van der Waals surface area contributed by atoms with Crippen LogP contribution in [0.5, 0.6) is 0 Å². The van der Waals surface area contributed by atoms with Crippen LogP contribution in [0.3, 0.4) is 0 Å². The number of carbonyl (C=O) groups is 1. The van der Waals surface area contributed by atoms with Gasteiger partial charge in [0.15, 0.2) is 0 Å². The van der Waals surface area contributed by atoms with E-state index in [2.05, 4.69) is 43.4 Å². The van der Waals surface area contributed by atoms with Crippen LogP contribution in [0, 0.1) is 6.92 Å². The summed E-state index contributed by atoms with van der Waals surface area (Å²) in [6, 6.07) is 8.18. The molecule has 0 spiro atoms. The van der Waals surface area contributed by atoms with Gasteiger partial charge in [0.25, 0.3) is 0 Å². The molecule has 0 saturated carbocycles. The Morgan fingerprint density at radius 3 is 2.68 bits per heavy atom. The average molecular weight is 259 g/mol. The van der Waals surface area contributed by atoms with Gasteiger partial charge in [-0.05, 0) is 30.9 Å². The third kappa shape index (κ3) is 5.73. The van der Waals surface area contributed by atoms with Crippen molar-refractivity contribution in [2.24, 2.45) is 0 Å². The van der Waals surface area contributed by atoms with E-state index in [4.69, 9.17) is 0 Å². The molecule has 0 aliphatic rings. The summed E-state index contributed by atoms with van der Waals surface area (Å²) in [5.41, 5.74) is 2.38. The van der Waals surface area contributed by atoms with E-state index in [1.807, 2.05) is 12.1 Å². The molecule has 2 heteroatoms. The molecular weight excluding hydrogens is 234 g/mol. The van der Waals surface area contributed by atoms with Crippen LogP contribution in [-0.4, -0.2) is 5.91 Å². The fourth-order valence-corrected chi connectivity index (χ4v) is 2.13. The molecule has 1 aromatic rings. The van der Waals surface area contributed by atoms with Crippen LogP contribution in [0.1, 0.15) is 56.7 Å². The van der Waals surface area contributed by atoms with Crippen molar-refractivity contribution in [2.75, 3.05) is 0 Å². The van der Waals surface area contributed by atoms with Gasteiger partial charge in [0.05, 0.1) is 6.04 Å². The average Bonchev–Trinajstić information content (AvgIpc) is 2.37. The summed E-state index contributed by atoms with van der Waals surface area (Å²) in [4.78, 5) is 11.3. The number of hydrogen-bond donors (Lipinski definition) is 1. The highest BCUT2D eigenvalue weighted by atomic mass is 16.1. The van der Waals surface area contributed by atoms with E-state index in [-0.39, 0.29) is 11.9 Å². The zero-order chi connectivity index (χ0) is 14.1. The van der Waals surface area contributed by atoms with Crippen molar-refractivity contribution in [1.29, 1.82) is 0 Å². The van der Waals surface area contributed by atoms with Crippen molar-refractivity contribution >= 4 is 5.91 Å². The Hall–Kier alpha value is -1.57. The van der Waals surface area contributed by atoms with E-state index in [9.17, 15) is 4.79 Å².